The van der Waals surface area contributed by atoms with Crippen LogP contribution in [0, 0.1) is 5.92 Å². The molecule has 0 saturated carbocycles. The summed E-state index contributed by atoms with van der Waals surface area (Å²) < 4.78 is 107. The molecular weight excluding hydrogens is 1610 g/mol. The van der Waals surface area contributed by atoms with Gasteiger partial charge in [-0.1, -0.05) is 6.92 Å². The van der Waals surface area contributed by atoms with Crippen LogP contribution in [0.25, 0.3) is 0 Å². The first-order chi connectivity index (χ1) is 55.8. The van der Waals surface area contributed by atoms with Crippen LogP contribution in [0.15, 0.2) is 0 Å². The molecule has 9 saturated heterocycles. The maximum absolute atomic E-state index is 13.1. The highest BCUT2D eigenvalue weighted by Crippen LogP contribution is 2.42. The monoisotopic (exact) mass is 1720 g/mol. The van der Waals surface area contributed by atoms with E-state index in [-0.39, 0.29) is 6.47 Å². The van der Waals surface area contributed by atoms with Gasteiger partial charge in [0.25, 0.3) is 6.47 Å². The lowest BCUT2D eigenvalue weighted by molar-refractivity contribution is -0.424. The van der Waals surface area contributed by atoms with Crippen LogP contribution in [0.4, 0.5) is 0 Å². The number of ether oxygens (including phenoxy) is 18. The average Bonchev–Trinajstić information content (AvgIpc) is 0.789. The Morgan fingerprint density at radius 3 is 1.19 bits per heavy atom. The van der Waals surface area contributed by atoms with Crippen molar-refractivity contribution in [2.75, 3.05) is 59.5 Å². The van der Waals surface area contributed by atoms with Gasteiger partial charge in [0, 0.05) is 33.6 Å². The van der Waals surface area contributed by atoms with Crippen molar-refractivity contribution in [1.82, 2.24) is 21.3 Å². The van der Waals surface area contributed by atoms with Crippen LogP contribution < -0.4 is 21.3 Å². The second kappa shape index (κ2) is 42.6. The number of carbonyl (C=O) groups is 5. The predicted octanol–water partition coefficient (Wildman–Crippen LogP) is -18.5. The lowest BCUT2D eigenvalue weighted by Crippen LogP contribution is -2.70. The Bertz CT molecular complexity index is 3180. The molecule has 9 aliphatic rings. The fraction of sp³-hybridized carbons (Fsp3) is 0.925. The van der Waals surface area contributed by atoms with Gasteiger partial charge in [-0.15, -0.1) is 0 Å². The highest BCUT2D eigenvalue weighted by Gasteiger charge is 2.61. The number of hydrogen-bond acceptors (Lipinski definition) is 47. The number of carbonyl (C=O) groups excluding carboxylic acids is 5. The zero-order valence-electron chi connectivity index (χ0n) is 64.3. The van der Waals surface area contributed by atoms with Gasteiger partial charge < -0.3 is 229 Å². The highest BCUT2D eigenvalue weighted by atomic mass is 16.9. The van der Waals surface area contributed by atoms with Crippen LogP contribution in [-0.4, -0.2) is 488 Å². The van der Waals surface area contributed by atoms with Crippen molar-refractivity contribution >= 4 is 30.1 Å². The number of nitrogens with one attached hydrogen (secondary N) is 4. The Hall–Kier alpha value is -4.29. The average molecular weight is 1730 g/mol. The molecule has 682 valence electrons. The standard InChI is InChI=1S/C67H112N4O47/c1-18-24(84)7-67(103-17-79,118-53(18)38(86)25(85)8-72)102-16-33-42(90)48(96)51(99)63(111-33)113-55-30(13-77)109-62(37(47(55)95)71-23(6)83)116-58-49(97)40(88)27(10-74)106-65(58)101-15-32-43(91)57(115-66-59(50(98)41(89)28(11-75)107-66)117-60-35(69-21(4)81)44(92)39(87)26(9-73)105-60)52(100)64(110-32)114-56-31(14-78)108-61(36(46(56)94)70-22(5)82)112-54-29(12-76)104-19(2)34(45(54)93)68-20(3)80/h17-19,24-66,72-78,84-100H,7-16H2,1-6H3,(H,68,80)(H,69,81)(H,70,82)(H,71,83)/t18-,19+,24-,25-,26?,27?,28?,29?,30+,31?,32?,33?,34?,35?,36?,37?,38-,39-,40-,41-,42+,43-,44-,45-,46-,47?,48+,49+,50?,51?,52?,53?,54-,55-,56-,57+,58?,59?,60+,61+,62+,63+,64+,65+,66-,67+/m1/s1. The third-order valence-corrected chi connectivity index (χ3v) is 21.9. The minimum atomic E-state index is -2.65. The van der Waals surface area contributed by atoms with Gasteiger partial charge >= 0.3 is 5.97 Å². The van der Waals surface area contributed by atoms with E-state index in [1.807, 2.05) is 0 Å². The minimum absolute atomic E-state index is 0.183. The summed E-state index contributed by atoms with van der Waals surface area (Å²) in [6, 6.07) is -6.84. The number of amides is 4. The number of hydrogen-bond donors (Lipinski definition) is 28. The van der Waals surface area contributed by atoms with E-state index < -0.39 is 371 Å². The second-order valence-electron chi connectivity index (χ2n) is 30.1. The van der Waals surface area contributed by atoms with Gasteiger partial charge in [-0.05, 0) is 6.92 Å². The quantitative estimate of drug-likeness (QED) is 0.0214. The van der Waals surface area contributed by atoms with Gasteiger partial charge in [0.2, 0.25) is 23.6 Å². The van der Waals surface area contributed by atoms with Gasteiger partial charge in [-0.2, -0.15) is 0 Å². The Morgan fingerprint density at radius 1 is 0.381 bits per heavy atom. The van der Waals surface area contributed by atoms with E-state index in [1.54, 1.807) is 0 Å². The SMILES string of the molecule is CC(=O)NC1C(O)[C@H](O[C@@H]2OC(CO[C@]3(OC=O)C[C@@H](O)[C@@H](C)C([C@H](O)[C@H](O)CO)O3)[C@H](O)[C@H](O)C2O)[C@H](CO)O[C@H]1OC1[C@@H](OCC2O[C@@H](O[C@@H]3C(CO)O[C@@H](O[C@@H]4C(CO)O[C@@H](C)C(NC(C)=O)[C@H]4O)C(NC(C)=O)[C@H]3O)C(O)[C@@H](O[C@H]3OC(CO)[C@@H](O)C(O)C3O[C@@H]3OC(CO)[C@@H](O)[C@H](O)C3NC(C)=O)[C@@H]2O)OC(CO)[C@@H](O)[C@@H]1O. The topological polar surface area (TPSA) is 785 Å². The molecule has 118 heavy (non-hydrogen) atoms. The van der Waals surface area contributed by atoms with Crippen LogP contribution in [0.5, 0.6) is 0 Å². The molecule has 0 aromatic heterocycles. The largest absolute Gasteiger partial charge is 0.410 e. The minimum Gasteiger partial charge on any atom is -0.410 e. The number of aliphatic hydroxyl groups is 24. The first-order valence-corrected chi connectivity index (χ1v) is 37.9. The zero-order chi connectivity index (χ0) is 87.1. The summed E-state index contributed by atoms with van der Waals surface area (Å²) in [5.74, 6) is -7.04. The van der Waals surface area contributed by atoms with Crippen molar-refractivity contribution in [3.05, 3.63) is 0 Å². The van der Waals surface area contributed by atoms with E-state index >= 15 is 0 Å². The number of rotatable bonds is 33. The lowest BCUT2D eigenvalue weighted by Gasteiger charge is -2.51. The van der Waals surface area contributed by atoms with Crippen LogP contribution in [0.1, 0.15) is 48.0 Å². The van der Waals surface area contributed by atoms with Crippen molar-refractivity contribution in [3.63, 3.8) is 0 Å². The van der Waals surface area contributed by atoms with E-state index in [2.05, 4.69) is 21.3 Å². The summed E-state index contributed by atoms with van der Waals surface area (Å²) in [5.41, 5.74) is 0. The third kappa shape index (κ3) is 21.8. The fourth-order valence-corrected chi connectivity index (χ4v) is 15.4. The van der Waals surface area contributed by atoms with Gasteiger partial charge in [0.15, 0.2) is 44.0 Å². The molecule has 51 nitrogen and oxygen atoms in total. The molecule has 0 spiro atoms. The predicted molar refractivity (Wildman–Crippen MR) is 367 cm³/mol. The van der Waals surface area contributed by atoms with Gasteiger partial charge in [-0.25, -0.2) is 0 Å². The van der Waals surface area contributed by atoms with Crippen molar-refractivity contribution < 1.29 is 232 Å². The summed E-state index contributed by atoms with van der Waals surface area (Å²) in [6.07, 6.45) is -81.9. The Kier molecular flexibility index (Phi) is 35.2. The summed E-state index contributed by atoms with van der Waals surface area (Å²) in [4.78, 5) is 62.7. The van der Waals surface area contributed by atoms with Crippen molar-refractivity contribution in [3.8, 4) is 0 Å². The van der Waals surface area contributed by atoms with Crippen molar-refractivity contribution in [2.24, 2.45) is 5.92 Å². The fourth-order valence-electron chi connectivity index (χ4n) is 15.4. The lowest BCUT2D eigenvalue weighted by atomic mass is 9.87. The third-order valence-electron chi connectivity index (χ3n) is 21.9. The van der Waals surface area contributed by atoms with E-state index in [4.69, 9.17) is 85.3 Å². The maximum atomic E-state index is 13.1. The smallest absolute Gasteiger partial charge is 0.332 e. The normalized spacial score (nSPS) is 47.5. The van der Waals surface area contributed by atoms with Crippen LogP contribution >= 0.6 is 0 Å². The molecule has 0 bridgehead atoms. The Morgan fingerprint density at radius 2 is 0.737 bits per heavy atom. The summed E-state index contributed by atoms with van der Waals surface area (Å²) in [7, 11) is 0. The van der Waals surface area contributed by atoms with Gasteiger partial charge in [-0.3, -0.25) is 24.0 Å². The maximum Gasteiger partial charge on any atom is 0.332 e. The first-order valence-electron chi connectivity index (χ1n) is 37.9. The Labute approximate surface area is 670 Å². The van der Waals surface area contributed by atoms with Crippen molar-refractivity contribution in [2.45, 2.75) is 324 Å². The Balaban J connectivity index is 1.01. The van der Waals surface area contributed by atoms with Crippen molar-refractivity contribution in [1.29, 1.82) is 0 Å². The van der Waals surface area contributed by atoms with E-state index in [9.17, 15) is 147 Å². The molecule has 0 aliphatic carbocycles. The zero-order valence-corrected chi connectivity index (χ0v) is 64.3. The molecule has 0 radical (unpaired) electrons. The molecule has 9 rings (SSSR count). The molecule has 46 atom stereocenters. The summed E-state index contributed by atoms with van der Waals surface area (Å²) in [6.45, 7) is -3.02. The van der Waals surface area contributed by atoms with Gasteiger partial charge in [0.05, 0.1) is 90.2 Å². The summed E-state index contributed by atoms with van der Waals surface area (Å²) in [5, 5.41) is 278. The summed E-state index contributed by atoms with van der Waals surface area (Å²) >= 11 is 0. The van der Waals surface area contributed by atoms with E-state index in [0.29, 0.717) is 0 Å². The highest BCUT2D eigenvalue weighted by molar-refractivity contribution is 5.74. The van der Waals surface area contributed by atoms with Gasteiger partial charge in [0.1, 0.15) is 201 Å². The second-order valence-corrected chi connectivity index (χ2v) is 30.1. The van der Waals surface area contributed by atoms with Crippen LogP contribution in [-0.2, 0) is 109 Å². The molecule has 0 aromatic carbocycles. The number of aliphatic hydroxyl groups excluding tert-OH is 24. The molecule has 9 fully saturated rings. The molecule has 18 unspecified atom stereocenters. The van der Waals surface area contributed by atoms with E-state index in [0.717, 1.165) is 27.7 Å². The van der Waals surface area contributed by atoms with Crippen LogP contribution in [0.3, 0.4) is 0 Å². The molecule has 9 aliphatic heterocycles. The molecule has 9 heterocycles. The molecular formula is C67H112N4O47. The van der Waals surface area contributed by atoms with E-state index in [1.165, 1.54) is 13.8 Å². The molecule has 4 amide bonds. The molecule has 0 aromatic rings. The molecule has 28 N–H and O–H groups in total. The van der Waals surface area contributed by atoms with Crippen LogP contribution in [0.2, 0.25) is 0 Å². The molecule has 51 heteroatoms. The first kappa shape index (κ1) is 97.5.